The molecule has 1 aromatic carbocycles. The second-order valence-electron chi connectivity index (χ2n) is 6.32. The molecule has 0 amide bonds. The van der Waals surface area contributed by atoms with Crippen molar-refractivity contribution in [2.24, 2.45) is 0 Å². The van der Waals surface area contributed by atoms with Crippen LogP contribution in [0.25, 0.3) is 0 Å². The van der Waals surface area contributed by atoms with Crippen LogP contribution in [0.15, 0.2) is 27.6 Å². The zero-order valence-corrected chi connectivity index (χ0v) is 15.2. The van der Waals surface area contributed by atoms with Gasteiger partial charge in [0, 0.05) is 32.7 Å². The molecule has 1 saturated heterocycles. The standard InChI is InChI=1S/C16H20N4O5S/c1-11-15(16(17)18-25-11)26(21,22)20-6-4-19(5-7-20)9-12-2-3-13-14(8-12)24-10-23-13/h2-3,8H,4-7,9-10H2,1H3,(H2,17,18). The number of ether oxygens (including phenoxy) is 2. The smallest absolute Gasteiger partial charge is 0.250 e. The molecule has 0 aliphatic carbocycles. The van der Waals surface area contributed by atoms with Crippen molar-refractivity contribution < 1.29 is 22.4 Å². The summed E-state index contributed by atoms with van der Waals surface area (Å²) in [4.78, 5) is 2.18. The minimum Gasteiger partial charge on any atom is -0.454 e. The molecular weight excluding hydrogens is 360 g/mol. The number of sulfonamides is 1. The highest BCUT2D eigenvalue weighted by molar-refractivity contribution is 7.89. The summed E-state index contributed by atoms with van der Waals surface area (Å²) in [5.41, 5.74) is 6.77. The lowest BCUT2D eigenvalue weighted by Crippen LogP contribution is -2.48. The summed E-state index contributed by atoms with van der Waals surface area (Å²) < 4.78 is 42.6. The second kappa shape index (κ2) is 6.45. The van der Waals surface area contributed by atoms with Crippen molar-refractivity contribution in [3.63, 3.8) is 0 Å². The molecule has 9 nitrogen and oxygen atoms in total. The molecule has 2 N–H and O–H groups in total. The van der Waals surface area contributed by atoms with Gasteiger partial charge in [-0.3, -0.25) is 4.90 Å². The fourth-order valence-corrected chi connectivity index (χ4v) is 4.85. The Balaban J connectivity index is 1.41. The summed E-state index contributed by atoms with van der Waals surface area (Å²) in [5, 5.41) is 3.54. The molecule has 3 heterocycles. The van der Waals surface area contributed by atoms with Crippen molar-refractivity contribution in [2.45, 2.75) is 18.4 Å². The number of hydrogen-bond acceptors (Lipinski definition) is 8. The third-order valence-corrected chi connectivity index (χ3v) is 6.66. The average Bonchev–Trinajstić information content (AvgIpc) is 3.21. The molecule has 1 fully saturated rings. The Morgan fingerprint density at radius 1 is 1.15 bits per heavy atom. The van der Waals surface area contributed by atoms with Crippen LogP contribution in [-0.2, 0) is 16.6 Å². The van der Waals surface area contributed by atoms with Crippen LogP contribution in [-0.4, -0.2) is 55.8 Å². The summed E-state index contributed by atoms with van der Waals surface area (Å²) in [6.07, 6.45) is 0. The van der Waals surface area contributed by atoms with Gasteiger partial charge in [0.05, 0.1) is 0 Å². The van der Waals surface area contributed by atoms with E-state index in [2.05, 4.69) is 10.1 Å². The summed E-state index contributed by atoms with van der Waals surface area (Å²) in [5.74, 6) is 1.63. The molecule has 2 aliphatic heterocycles. The number of rotatable bonds is 4. The number of fused-ring (bicyclic) bond motifs is 1. The SMILES string of the molecule is Cc1onc(N)c1S(=O)(=O)N1CCN(Cc2ccc3c(c2)OCO3)CC1. The maximum Gasteiger partial charge on any atom is 0.250 e. The Morgan fingerprint density at radius 2 is 1.88 bits per heavy atom. The first-order chi connectivity index (χ1) is 12.4. The van der Waals surface area contributed by atoms with E-state index in [0.29, 0.717) is 26.2 Å². The van der Waals surface area contributed by atoms with E-state index in [1.165, 1.54) is 4.31 Å². The van der Waals surface area contributed by atoms with Crippen LogP contribution in [0.2, 0.25) is 0 Å². The molecule has 0 saturated carbocycles. The van der Waals surface area contributed by atoms with Crippen molar-refractivity contribution in [1.82, 2.24) is 14.4 Å². The molecular formula is C16H20N4O5S. The van der Waals surface area contributed by atoms with Crippen molar-refractivity contribution in [1.29, 1.82) is 0 Å². The molecule has 4 rings (SSSR count). The van der Waals surface area contributed by atoms with E-state index in [9.17, 15) is 8.42 Å². The molecule has 0 spiro atoms. The maximum atomic E-state index is 12.8. The number of anilines is 1. The molecule has 0 bridgehead atoms. The molecule has 0 radical (unpaired) electrons. The molecule has 2 aliphatic rings. The Bertz CT molecular complexity index is 899. The van der Waals surface area contributed by atoms with Gasteiger partial charge in [-0.05, 0) is 24.6 Å². The van der Waals surface area contributed by atoms with E-state index in [1.807, 2.05) is 18.2 Å². The summed E-state index contributed by atoms with van der Waals surface area (Å²) in [7, 11) is -3.70. The van der Waals surface area contributed by atoms with Gasteiger partial charge >= 0.3 is 0 Å². The van der Waals surface area contributed by atoms with Crippen molar-refractivity contribution in [2.75, 3.05) is 38.7 Å². The topological polar surface area (TPSA) is 111 Å². The Kier molecular flexibility index (Phi) is 4.25. The highest BCUT2D eigenvalue weighted by Crippen LogP contribution is 2.33. The highest BCUT2D eigenvalue weighted by Gasteiger charge is 2.33. The third-order valence-electron chi connectivity index (χ3n) is 4.61. The van der Waals surface area contributed by atoms with Crippen LogP contribution < -0.4 is 15.2 Å². The number of nitrogens with two attached hydrogens (primary N) is 1. The molecule has 10 heteroatoms. The summed E-state index contributed by atoms with van der Waals surface area (Å²) in [6.45, 7) is 4.54. The van der Waals surface area contributed by atoms with Crippen molar-refractivity contribution in [3.8, 4) is 11.5 Å². The second-order valence-corrected chi connectivity index (χ2v) is 8.20. The van der Waals surface area contributed by atoms with Gasteiger partial charge in [-0.1, -0.05) is 11.2 Å². The number of piperazine rings is 1. The molecule has 0 unspecified atom stereocenters. The fraction of sp³-hybridized carbons (Fsp3) is 0.438. The first-order valence-electron chi connectivity index (χ1n) is 8.28. The Hall–Kier alpha value is -2.30. The van der Waals surface area contributed by atoms with E-state index in [-0.39, 0.29) is 23.3 Å². The lowest BCUT2D eigenvalue weighted by molar-refractivity contribution is 0.173. The van der Waals surface area contributed by atoms with Gasteiger partial charge in [0.25, 0.3) is 0 Å². The quantitative estimate of drug-likeness (QED) is 0.829. The average molecular weight is 380 g/mol. The highest BCUT2D eigenvalue weighted by atomic mass is 32.2. The van der Waals surface area contributed by atoms with Gasteiger partial charge in [0.15, 0.2) is 28.0 Å². The minimum absolute atomic E-state index is 0.0262. The third kappa shape index (κ3) is 3.00. The predicted molar refractivity (Wildman–Crippen MR) is 92.3 cm³/mol. The molecule has 140 valence electrons. The minimum atomic E-state index is -3.70. The van der Waals surface area contributed by atoms with E-state index in [4.69, 9.17) is 19.7 Å². The van der Waals surface area contributed by atoms with Gasteiger partial charge < -0.3 is 19.7 Å². The molecule has 1 aromatic heterocycles. The van der Waals surface area contributed by atoms with Crippen LogP contribution >= 0.6 is 0 Å². The predicted octanol–water partition coefficient (Wildman–Crippen LogP) is 0.800. The molecule has 2 aromatic rings. The van der Waals surface area contributed by atoms with Crippen LogP contribution in [0.3, 0.4) is 0 Å². The van der Waals surface area contributed by atoms with Gasteiger partial charge in [0.1, 0.15) is 0 Å². The van der Waals surface area contributed by atoms with Gasteiger partial charge in [-0.2, -0.15) is 4.31 Å². The van der Waals surface area contributed by atoms with Gasteiger partial charge in [-0.25, -0.2) is 8.42 Å². The maximum absolute atomic E-state index is 12.8. The van der Waals surface area contributed by atoms with Crippen LogP contribution in [0.1, 0.15) is 11.3 Å². The van der Waals surface area contributed by atoms with E-state index >= 15 is 0 Å². The van der Waals surface area contributed by atoms with Crippen LogP contribution in [0.4, 0.5) is 5.82 Å². The van der Waals surface area contributed by atoms with E-state index in [0.717, 1.165) is 23.6 Å². The fourth-order valence-electron chi connectivity index (χ4n) is 3.25. The first-order valence-corrected chi connectivity index (χ1v) is 9.72. The lowest BCUT2D eigenvalue weighted by Gasteiger charge is -2.33. The number of hydrogen-bond donors (Lipinski definition) is 1. The normalized spacial score (nSPS) is 18.3. The monoisotopic (exact) mass is 380 g/mol. The van der Waals surface area contributed by atoms with Crippen LogP contribution in [0.5, 0.6) is 11.5 Å². The van der Waals surface area contributed by atoms with Gasteiger partial charge in [0.2, 0.25) is 16.8 Å². The number of nitrogens with zero attached hydrogens (tertiary/aromatic N) is 3. The van der Waals surface area contributed by atoms with E-state index in [1.54, 1.807) is 6.92 Å². The summed E-state index contributed by atoms with van der Waals surface area (Å²) in [6, 6.07) is 5.86. The number of aryl methyl sites for hydroxylation is 1. The Labute approximate surface area is 151 Å². The number of aromatic nitrogens is 1. The first kappa shape index (κ1) is 17.1. The molecule has 26 heavy (non-hydrogen) atoms. The number of nitrogen functional groups attached to an aromatic ring is 1. The van der Waals surface area contributed by atoms with Crippen molar-refractivity contribution >= 4 is 15.8 Å². The largest absolute Gasteiger partial charge is 0.454 e. The number of benzene rings is 1. The van der Waals surface area contributed by atoms with Crippen LogP contribution in [0, 0.1) is 6.92 Å². The zero-order valence-electron chi connectivity index (χ0n) is 14.3. The summed E-state index contributed by atoms with van der Waals surface area (Å²) >= 11 is 0. The van der Waals surface area contributed by atoms with Gasteiger partial charge in [-0.15, -0.1) is 0 Å². The lowest BCUT2D eigenvalue weighted by atomic mass is 10.2. The zero-order chi connectivity index (χ0) is 18.3. The molecule has 0 atom stereocenters. The Morgan fingerprint density at radius 3 is 2.58 bits per heavy atom. The van der Waals surface area contributed by atoms with Crippen molar-refractivity contribution in [3.05, 3.63) is 29.5 Å². The van der Waals surface area contributed by atoms with E-state index < -0.39 is 10.0 Å².